The minimum absolute atomic E-state index is 0.139. The first-order valence-corrected chi connectivity index (χ1v) is 8.98. The molecule has 0 aliphatic carbocycles. The normalized spacial score (nSPS) is 10.3. The summed E-state index contributed by atoms with van der Waals surface area (Å²) in [5, 5.41) is 8.75. The maximum Gasteiger partial charge on any atom is 0.251 e. The molecule has 2 rings (SSSR count). The molecule has 0 fully saturated rings. The van der Waals surface area contributed by atoms with E-state index in [4.69, 9.17) is 4.74 Å². The number of aryl methyl sites for hydroxylation is 2. The van der Waals surface area contributed by atoms with E-state index in [-0.39, 0.29) is 18.4 Å². The fraction of sp³-hybridized carbons (Fsp3) is 0.333. The first kappa shape index (κ1) is 20.5. The van der Waals surface area contributed by atoms with Gasteiger partial charge in [0.05, 0.1) is 6.54 Å². The van der Waals surface area contributed by atoms with Crippen molar-refractivity contribution in [3.63, 3.8) is 0 Å². The van der Waals surface area contributed by atoms with Crippen molar-refractivity contribution in [2.45, 2.75) is 20.3 Å². The maximum absolute atomic E-state index is 12.1. The summed E-state index contributed by atoms with van der Waals surface area (Å²) < 4.78 is 4.94. The Balaban J connectivity index is 1.80. The van der Waals surface area contributed by atoms with Crippen LogP contribution in [0.15, 0.2) is 42.5 Å². The molecule has 0 aromatic heterocycles. The standard InChI is InChI=1S/C21H27N3O3/c1-15-5-8-19(13-16(15)2)23-14-20(25)24-18-9-6-17(7-10-18)21(26)22-11-4-12-27-3/h5-10,13,23H,4,11-12,14H2,1-3H3,(H,22,26)(H,24,25). The van der Waals surface area contributed by atoms with Gasteiger partial charge in [-0.05, 0) is 67.8 Å². The van der Waals surface area contributed by atoms with Gasteiger partial charge in [0.1, 0.15) is 0 Å². The number of methoxy groups -OCH3 is 1. The van der Waals surface area contributed by atoms with Crippen molar-refractivity contribution < 1.29 is 14.3 Å². The summed E-state index contributed by atoms with van der Waals surface area (Å²) in [7, 11) is 1.63. The number of hydrogen-bond acceptors (Lipinski definition) is 4. The van der Waals surface area contributed by atoms with Crippen LogP contribution >= 0.6 is 0 Å². The van der Waals surface area contributed by atoms with E-state index in [9.17, 15) is 9.59 Å². The van der Waals surface area contributed by atoms with Gasteiger partial charge in [0, 0.05) is 37.2 Å². The largest absolute Gasteiger partial charge is 0.385 e. The molecule has 0 aliphatic rings. The van der Waals surface area contributed by atoms with E-state index in [1.54, 1.807) is 31.4 Å². The predicted octanol–water partition coefficient (Wildman–Crippen LogP) is 3.12. The molecule has 27 heavy (non-hydrogen) atoms. The first-order valence-electron chi connectivity index (χ1n) is 8.98. The molecule has 0 saturated carbocycles. The van der Waals surface area contributed by atoms with E-state index in [0.717, 1.165) is 12.1 Å². The lowest BCUT2D eigenvalue weighted by Crippen LogP contribution is -2.25. The van der Waals surface area contributed by atoms with Crippen LogP contribution in [0, 0.1) is 13.8 Å². The molecular formula is C21H27N3O3. The molecule has 0 unspecified atom stereocenters. The Bertz CT molecular complexity index is 773. The highest BCUT2D eigenvalue weighted by Crippen LogP contribution is 2.14. The maximum atomic E-state index is 12.1. The van der Waals surface area contributed by atoms with Gasteiger partial charge >= 0.3 is 0 Å². The number of carbonyl (C=O) groups excluding carboxylic acids is 2. The van der Waals surface area contributed by atoms with E-state index in [1.807, 2.05) is 25.1 Å². The molecule has 2 aromatic rings. The molecule has 0 radical (unpaired) electrons. The molecule has 0 aliphatic heterocycles. The summed E-state index contributed by atoms with van der Waals surface area (Å²) in [5.41, 5.74) is 4.51. The summed E-state index contributed by atoms with van der Waals surface area (Å²) in [6, 6.07) is 12.8. The van der Waals surface area contributed by atoms with E-state index in [0.29, 0.717) is 24.4 Å². The summed E-state index contributed by atoms with van der Waals surface area (Å²) in [6.45, 7) is 5.44. The second-order valence-corrected chi connectivity index (χ2v) is 6.38. The van der Waals surface area contributed by atoms with Crippen LogP contribution in [-0.2, 0) is 9.53 Å². The number of ether oxygens (including phenoxy) is 1. The zero-order chi connectivity index (χ0) is 19.6. The topological polar surface area (TPSA) is 79.5 Å². The van der Waals surface area contributed by atoms with Crippen LogP contribution in [0.5, 0.6) is 0 Å². The quantitative estimate of drug-likeness (QED) is 0.594. The number of anilines is 2. The highest BCUT2D eigenvalue weighted by Gasteiger charge is 2.07. The summed E-state index contributed by atoms with van der Waals surface area (Å²) >= 11 is 0. The Kier molecular flexibility index (Phi) is 7.82. The van der Waals surface area contributed by atoms with Crippen LogP contribution in [0.4, 0.5) is 11.4 Å². The molecule has 6 heteroatoms. The highest BCUT2D eigenvalue weighted by atomic mass is 16.5. The van der Waals surface area contributed by atoms with Gasteiger partial charge < -0.3 is 20.7 Å². The molecule has 0 heterocycles. The number of benzene rings is 2. The van der Waals surface area contributed by atoms with Crippen molar-refractivity contribution in [2.24, 2.45) is 0 Å². The van der Waals surface area contributed by atoms with Gasteiger partial charge in [0.2, 0.25) is 5.91 Å². The van der Waals surface area contributed by atoms with Crippen LogP contribution in [0.25, 0.3) is 0 Å². The third-order valence-electron chi connectivity index (χ3n) is 4.20. The molecule has 0 bridgehead atoms. The molecule has 6 nitrogen and oxygen atoms in total. The summed E-state index contributed by atoms with van der Waals surface area (Å²) in [5.74, 6) is -0.287. The van der Waals surface area contributed by atoms with Crippen molar-refractivity contribution in [3.8, 4) is 0 Å². The SMILES string of the molecule is COCCCNC(=O)c1ccc(NC(=O)CNc2ccc(C)c(C)c2)cc1. The van der Waals surface area contributed by atoms with E-state index < -0.39 is 0 Å². The number of hydrogen-bond donors (Lipinski definition) is 3. The lowest BCUT2D eigenvalue weighted by molar-refractivity contribution is -0.114. The van der Waals surface area contributed by atoms with Crippen molar-refractivity contribution in [2.75, 3.05) is 37.4 Å². The van der Waals surface area contributed by atoms with Gasteiger partial charge in [0.15, 0.2) is 0 Å². The van der Waals surface area contributed by atoms with Crippen molar-refractivity contribution in [3.05, 3.63) is 59.2 Å². The van der Waals surface area contributed by atoms with Crippen LogP contribution in [0.3, 0.4) is 0 Å². The average Bonchev–Trinajstić information content (AvgIpc) is 2.66. The van der Waals surface area contributed by atoms with Crippen LogP contribution in [0.2, 0.25) is 0 Å². The monoisotopic (exact) mass is 369 g/mol. The zero-order valence-electron chi connectivity index (χ0n) is 16.1. The third kappa shape index (κ3) is 6.75. The third-order valence-corrected chi connectivity index (χ3v) is 4.20. The lowest BCUT2D eigenvalue weighted by atomic mass is 10.1. The second-order valence-electron chi connectivity index (χ2n) is 6.38. The summed E-state index contributed by atoms with van der Waals surface area (Å²) in [4.78, 5) is 24.1. The van der Waals surface area contributed by atoms with Gasteiger partial charge in [-0.15, -0.1) is 0 Å². The minimum atomic E-state index is -0.148. The van der Waals surface area contributed by atoms with Crippen molar-refractivity contribution in [1.29, 1.82) is 0 Å². The Morgan fingerprint density at radius 2 is 1.67 bits per heavy atom. The molecule has 2 aromatic carbocycles. The lowest BCUT2D eigenvalue weighted by Gasteiger charge is -2.10. The Labute approximate surface area is 160 Å². The first-order chi connectivity index (χ1) is 13.0. The Hall–Kier alpha value is -2.86. The van der Waals surface area contributed by atoms with Crippen molar-refractivity contribution in [1.82, 2.24) is 5.32 Å². The zero-order valence-corrected chi connectivity index (χ0v) is 16.1. The van der Waals surface area contributed by atoms with Gasteiger partial charge in [-0.3, -0.25) is 9.59 Å². The predicted molar refractivity (Wildman–Crippen MR) is 108 cm³/mol. The van der Waals surface area contributed by atoms with Gasteiger partial charge in [-0.1, -0.05) is 6.07 Å². The van der Waals surface area contributed by atoms with Gasteiger partial charge in [-0.2, -0.15) is 0 Å². The Morgan fingerprint density at radius 3 is 2.33 bits per heavy atom. The summed E-state index contributed by atoms with van der Waals surface area (Å²) in [6.07, 6.45) is 0.768. The molecule has 0 saturated heterocycles. The smallest absolute Gasteiger partial charge is 0.251 e. The van der Waals surface area contributed by atoms with Gasteiger partial charge in [0.25, 0.3) is 5.91 Å². The minimum Gasteiger partial charge on any atom is -0.385 e. The fourth-order valence-electron chi connectivity index (χ4n) is 2.46. The molecule has 2 amide bonds. The number of amides is 2. The molecule has 0 spiro atoms. The van der Waals surface area contributed by atoms with Crippen molar-refractivity contribution >= 4 is 23.2 Å². The molecule has 144 valence electrons. The van der Waals surface area contributed by atoms with Crippen LogP contribution in [-0.4, -0.2) is 38.6 Å². The number of nitrogens with one attached hydrogen (secondary N) is 3. The van der Waals surface area contributed by atoms with E-state index in [2.05, 4.69) is 22.9 Å². The van der Waals surface area contributed by atoms with E-state index >= 15 is 0 Å². The molecular weight excluding hydrogens is 342 g/mol. The average molecular weight is 369 g/mol. The van der Waals surface area contributed by atoms with Gasteiger partial charge in [-0.25, -0.2) is 0 Å². The second kappa shape index (κ2) is 10.3. The van der Waals surface area contributed by atoms with E-state index in [1.165, 1.54) is 11.1 Å². The fourth-order valence-corrected chi connectivity index (χ4v) is 2.46. The number of rotatable bonds is 9. The number of carbonyl (C=O) groups is 2. The van der Waals surface area contributed by atoms with Crippen LogP contribution < -0.4 is 16.0 Å². The highest BCUT2D eigenvalue weighted by molar-refractivity contribution is 5.96. The molecule has 0 atom stereocenters. The Morgan fingerprint density at radius 1 is 0.963 bits per heavy atom. The van der Waals surface area contributed by atoms with Crippen LogP contribution in [0.1, 0.15) is 27.9 Å². The molecule has 3 N–H and O–H groups in total.